The summed E-state index contributed by atoms with van der Waals surface area (Å²) in [5.74, 6) is -1.47. The number of amides is 1. The van der Waals surface area contributed by atoms with Gasteiger partial charge in [0.2, 0.25) is 0 Å². The van der Waals surface area contributed by atoms with Crippen LogP contribution in [0.2, 0.25) is 0 Å². The van der Waals surface area contributed by atoms with Crippen LogP contribution in [0.15, 0.2) is 16.6 Å². The highest BCUT2D eigenvalue weighted by Gasteiger charge is 2.35. The number of rotatable bonds is 3. The molecular weight excluding hydrogens is 353 g/mol. The normalized spacial score (nSPS) is 14.4. The summed E-state index contributed by atoms with van der Waals surface area (Å²) in [4.78, 5) is 24.0. The van der Waals surface area contributed by atoms with Crippen molar-refractivity contribution < 1.29 is 22.8 Å². The Morgan fingerprint density at radius 1 is 1.29 bits per heavy atom. The van der Waals surface area contributed by atoms with Gasteiger partial charge in [0, 0.05) is 10.5 Å². The quantitative estimate of drug-likeness (QED) is 0.836. The van der Waals surface area contributed by atoms with Crippen molar-refractivity contribution in [3.63, 3.8) is 0 Å². The van der Waals surface area contributed by atoms with Crippen molar-refractivity contribution in [2.75, 3.05) is 16.8 Å². The number of carbonyl (C=O) groups excluding carboxylic acids is 2. The van der Waals surface area contributed by atoms with Crippen LogP contribution in [0.5, 0.6) is 0 Å². The van der Waals surface area contributed by atoms with Gasteiger partial charge in [-0.3, -0.25) is 9.59 Å². The Morgan fingerprint density at radius 3 is 2.43 bits per heavy atom. The summed E-state index contributed by atoms with van der Waals surface area (Å²) in [6, 6.07) is 2.35. The fourth-order valence-corrected chi connectivity index (χ4v) is 2.68. The van der Waals surface area contributed by atoms with Crippen molar-refractivity contribution in [3.8, 4) is 0 Å². The monoisotopic (exact) mass is 364 g/mol. The number of alkyl halides is 3. The van der Waals surface area contributed by atoms with Gasteiger partial charge in [-0.25, -0.2) is 0 Å². The highest BCUT2D eigenvalue weighted by atomic mass is 79.9. The Balaban J connectivity index is 2.46. The van der Waals surface area contributed by atoms with Crippen LogP contribution in [-0.4, -0.2) is 30.5 Å². The maximum Gasteiger partial charge on any atom is 0.405 e. The topological polar surface area (TPSA) is 49.4 Å². The van der Waals surface area contributed by atoms with Crippen molar-refractivity contribution in [2.45, 2.75) is 26.1 Å². The van der Waals surface area contributed by atoms with Crippen LogP contribution in [0.3, 0.4) is 0 Å². The zero-order valence-electron chi connectivity index (χ0n) is 11.2. The van der Waals surface area contributed by atoms with E-state index < -0.39 is 30.5 Å². The minimum Gasteiger partial charge on any atom is -0.359 e. The minimum absolute atomic E-state index is 0.159. The number of hydrogen-bond donors (Lipinski definition) is 1. The van der Waals surface area contributed by atoms with E-state index in [0.717, 1.165) is 4.90 Å². The van der Waals surface area contributed by atoms with Gasteiger partial charge in [-0.2, -0.15) is 13.2 Å². The molecule has 0 aromatic heterocycles. The van der Waals surface area contributed by atoms with Gasteiger partial charge in [0.1, 0.15) is 6.54 Å². The molecule has 1 aliphatic heterocycles. The standard InChI is InChI=1S/C13H12BrF3N2O2/c1-6(2)19(5-13(15,16)17)10-4-9-7(3-8(10)14)11(20)12(21)18-9/h3-4,6H,5H2,1-2H3,(H,18,20,21). The van der Waals surface area contributed by atoms with E-state index in [-0.39, 0.29) is 16.9 Å². The largest absolute Gasteiger partial charge is 0.405 e. The van der Waals surface area contributed by atoms with Gasteiger partial charge in [-0.1, -0.05) is 0 Å². The van der Waals surface area contributed by atoms with E-state index in [1.54, 1.807) is 13.8 Å². The average molecular weight is 365 g/mol. The maximum atomic E-state index is 12.7. The molecule has 114 valence electrons. The summed E-state index contributed by atoms with van der Waals surface area (Å²) >= 11 is 3.17. The minimum atomic E-state index is -4.36. The maximum absolute atomic E-state index is 12.7. The first-order chi connectivity index (χ1) is 9.60. The summed E-state index contributed by atoms with van der Waals surface area (Å²) in [6.45, 7) is 2.15. The Kier molecular flexibility index (Phi) is 4.01. The van der Waals surface area contributed by atoms with E-state index in [0.29, 0.717) is 4.47 Å². The molecule has 0 unspecified atom stereocenters. The molecule has 0 fully saturated rings. The molecule has 21 heavy (non-hydrogen) atoms. The molecule has 0 bridgehead atoms. The van der Waals surface area contributed by atoms with Crippen LogP contribution < -0.4 is 10.2 Å². The molecular formula is C13H12BrF3N2O2. The summed E-state index contributed by atoms with van der Waals surface area (Å²) in [7, 11) is 0. The van der Waals surface area contributed by atoms with Gasteiger partial charge in [-0.15, -0.1) is 0 Å². The third-order valence-corrected chi connectivity index (χ3v) is 3.70. The molecule has 0 atom stereocenters. The first-order valence-electron chi connectivity index (χ1n) is 6.13. The third kappa shape index (κ3) is 3.20. The van der Waals surface area contributed by atoms with E-state index in [2.05, 4.69) is 21.2 Å². The number of carbonyl (C=O) groups is 2. The number of fused-ring (bicyclic) bond motifs is 1. The van der Waals surface area contributed by atoms with Gasteiger partial charge in [0.15, 0.2) is 0 Å². The summed E-state index contributed by atoms with van der Waals surface area (Å²) < 4.78 is 38.4. The second-order valence-electron chi connectivity index (χ2n) is 4.97. The number of benzene rings is 1. The molecule has 2 rings (SSSR count). The Labute approximate surface area is 127 Å². The number of halogens is 4. The lowest BCUT2D eigenvalue weighted by atomic mass is 10.1. The average Bonchev–Trinajstić information content (AvgIpc) is 2.61. The smallest absolute Gasteiger partial charge is 0.359 e. The van der Waals surface area contributed by atoms with Crippen molar-refractivity contribution in [1.29, 1.82) is 0 Å². The van der Waals surface area contributed by atoms with Gasteiger partial charge < -0.3 is 10.2 Å². The van der Waals surface area contributed by atoms with Gasteiger partial charge in [0.05, 0.1) is 16.9 Å². The number of nitrogens with one attached hydrogen (secondary N) is 1. The molecule has 1 N–H and O–H groups in total. The van der Waals surface area contributed by atoms with Crippen LogP contribution in [0.25, 0.3) is 0 Å². The van der Waals surface area contributed by atoms with Crippen molar-refractivity contribution in [2.24, 2.45) is 0 Å². The number of ketones is 1. The SMILES string of the molecule is CC(C)N(CC(F)(F)F)c1cc2c(cc1Br)C(=O)C(=O)N2. The molecule has 1 aromatic carbocycles. The van der Waals surface area contributed by atoms with Crippen molar-refractivity contribution >= 4 is 39.0 Å². The molecule has 4 nitrogen and oxygen atoms in total. The Bertz CT molecular complexity index is 614. The molecule has 1 heterocycles. The first kappa shape index (κ1) is 15.8. The molecule has 0 aliphatic carbocycles. The number of nitrogens with zero attached hydrogens (tertiary/aromatic N) is 1. The van der Waals surface area contributed by atoms with Gasteiger partial charge in [-0.05, 0) is 41.9 Å². The zero-order chi connectivity index (χ0) is 15.9. The fraction of sp³-hybridized carbons (Fsp3) is 0.385. The van der Waals surface area contributed by atoms with Crippen molar-refractivity contribution in [1.82, 2.24) is 0 Å². The highest BCUT2D eigenvalue weighted by molar-refractivity contribution is 9.10. The van der Waals surface area contributed by atoms with Crippen LogP contribution in [0, 0.1) is 0 Å². The lowest BCUT2D eigenvalue weighted by Crippen LogP contribution is -2.39. The predicted molar refractivity (Wildman–Crippen MR) is 75.6 cm³/mol. The van der Waals surface area contributed by atoms with E-state index in [9.17, 15) is 22.8 Å². The third-order valence-electron chi connectivity index (χ3n) is 3.07. The number of hydrogen-bond acceptors (Lipinski definition) is 3. The second kappa shape index (κ2) is 5.32. The molecule has 8 heteroatoms. The predicted octanol–water partition coefficient (Wildman–Crippen LogP) is 3.36. The molecule has 1 aliphatic rings. The molecule has 0 spiro atoms. The van der Waals surface area contributed by atoms with Gasteiger partial charge >= 0.3 is 6.18 Å². The van der Waals surface area contributed by atoms with Crippen LogP contribution in [0.1, 0.15) is 24.2 Å². The Hall–Kier alpha value is -1.57. The zero-order valence-corrected chi connectivity index (χ0v) is 12.8. The summed E-state index contributed by atoms with van der Waals surface area (Å²) in [6.07, 6.45) is -4.36. The molecule has 0 saturated heterocycles. The molecule has 1 amide bonds. The van der Waals surface area contributed by atoms with Gasteiger partial charge in [0.25, 0.3) is 11.7 Å². The lowest BCUT2D eigenvalue weighted by Gasteiger charge is -2.31. The molecule has 0 radical (unpaired) electrons. The van der Waals surface area contributed by atoms with E-state index in [1.165, 1.54) is 12.1 Å². The fourth-order valence-electron chi connectivity index (χ4n) is 2.11. The molecule has 1 aromatic rings. The highest BCUT2D eigenvalue weighted by Crippen LogP contribution is 2.37. The number of anilines is 2. The first-order valence-corrected chi connectivity index (χ1v) is 6.92. The summed E-state index contributed by atoms with van der Waals surface area (Å²) in [5, 5.41) is 2.35. The second-order valence-corrected chi connectivity index (χ2v) is 5.82. The molecule has 0 saturated carbocycles. The van der Waals surface area contributed by atoms with Crippen LogP contribution in [-0.2, 0) is 4.79 Å². The lowest BCUT2D eigenvalue weighted by molar-refractivity contribution is -0.120. The van der Waals surface area contributed by atoms with E-state index >= 15 is 0 Å². The van der Waals surface area contributed by atoms with Crippen LogP contribution >= 0.6 is 15.9 Å². The van der Waals surface area contributed by atoms with E-state index in [1.807, 2.05) is 0 Å². The van der Waals surface area contributed by atoms with Crippen molar-refractivity contribution in [3.05, 3.63) is 22.2 Å². The van der Waals surface area contributed by atoms with E-state index in [4.69, 9.17) is 0 Å². The van der Waals surface area contributed by atoms with Crippen LogP contribution in [0.4, 0.5) is 24.5 Å². The number of Topliss-reactive ketones (excluding diaryl/α,β-unsaturated/α-hetero) is 1. The summed E-state index contributed by atoms with van der Waals surface area (Å²) in [5.41, 5.74) is 0.665. The Morgan fingerprint density at radius 2 is 1.90 bits per heavy atom.